The Labute approximate surface area is 197 Å². The zero-order valence-electron chi connectivity index (χ0n) is 18.7. The first-order chi connectivity index (χ1) is 16.7. The number of aromatic nitrogens is 1. The standard InChI is InChI=1S/C29H25FN2O2/c30-25-12-6-5-11-23(25)26-17-32-28(34-26)14-13-27(33)31-16-18-15-24-19-7-1-3-9-21(19)29(18)22-10-4-2-8-20(22)24/h1-12,17-18,24,29H,13-16H2,(H,31,33). The fourth-order valence-corrected chi connectivity index (χ4v) is 5.72. The van der Waals surface area contributed by atoms with E-state index in [0.29, 0.717) is 47.9 Å². The van der Waals surface area contributed by atoms with Gasteiger partial charge in [0.05, 0.1) is 11.8 Å². The third kappa shape index (κ3) is 3.61. The third-order valence-corrected chi connectivity index (χ3v) is 7.24. The molecule has 4 nitrogen and oxygen atoms in total. The lowest BCUT2D eigenvalue weighted by atomic mass is 9.59. The summed E-state index contributed by atoms with van der Waals surface area (Å²) in [5, 5.41) is 3.15. The van der Waals surface area contributed by atoms with Crippen LogP contribution in [0.2, 0.25) is 0 Å². The maximum absolute atomic E-state index is 14.0. The van der Waals surface area contributed by atoms with Crippen molar-refractivity contribution in [1.29, 1.82) is 0 Å². The number of amides is 1. The first kappa shape index (κ1) is 20.8. The van der Waals surface area contributed by atoms with Gasteiger partial charge in [-0.1, -0.05) is 60.7 Å². The SMILES string of the molecule is O=C(CCc1ncc(-c2ccccc2F)o1)NCC1CC2c3ccccc3C1c1ccccc12. The van der Waals surface area contributed by atoms with Crippen LogP contribution < -0.4 is 5.32 Å². The molecule has 0 saturated heterocycles. The van der Waals surface area contributed by atoms with Crippen LogP contribution >= 0.6 is 0 Å². The average Bonchev–Trinajstić information content (AvgIpc) is 3.35. The molecule has 7 rings (SSSR count). The minimum absolute atomic E-state index is 0.0198. The molecule has 4 aromatic rings. The van der Waals surface area contributed by atoms with Crippen LogP contribution in [0.25, 0.3) is 11.3 Å². The van der Waals surface area contributed by atoms with Crippen LogP contribution in [0.3, 0.4) is 0 Å². The summed E-state index contributed by atoms with van der Waals surface area (Å²) in [6.45, 7) is 0.648. The number of hydrogen-bond donors (Lipinski definition) is 1. The van der Waals surface area contributed by atoms with Gasteiger partial charge in [0.25, 0.3) is 0 Å². The van der Waals surface area contributed by atoms with E-state index in [9.17, 15) is 9.18 Å². The summed E-state index contributed by atoms with van der Waals surface area (Å²) in [6.07, 6.45) is 3.22. The van der Waals surface area contributed by atoms with Gasteiger partial charge in [-0.2, -0.15) is 0 Å². The summed E-state index contributed by atoms with van der Waals surface area (Å²) in [7, 11) is 0. The van der Waals surface area contributed by atoms with Crippen molar-refractivity contribution < 1.29 is 13.6 Å². The van der Waals surface area contributed by atoms with Crippen molar-refractivity contribution in [3.05, 3.63) is 113 Å². The quantitative estimate of drug-likeness (QED) is 0.401. The molecule has 5 heteroatoms. The van der Waals surface area contributed by atoms with Crippen molar-refractivity contribution >= 4 is 5.91 Å². The van der Waals surface area contributed by atoms with Crippen LogP contribution in [-0.2, 0) is 11.2 Å². The minimum Gasteiger partial charge on any atom is -0.441 e. The molecule has 0 saturated carbocycles. The highest BCUT2D eigenvalue weighted by molar-refractivity contribution is 5.76. The molecule has 0 spiro atoms. The lowest BCUT2D eigenvalue weighted by Crippen LogP contribution is -2.39. The summed E-state index contributed by atoms with van der Waals surface area (Å²) < 4.78 is 19.7. The van der Waals surface area contributed by atoms with Gasteiger partial charge in [-0.25, -0.2) is 9.37 Å². The highest BCUT2D eigenvalue weighted by atomic mass is 19.1. The molecule has 1 atom stereocenters. The van der Waals surface area contributed by atoms with Crippen LogP contribution in [0.15, 0.2) is 83.4 Å². The molecule has 1 N–H and O–H groups in total. The van der Waals surface area contributed by atoms with Gasteiger partial charge in [0.2, 0.25) is 5.91 Å². The first-order valence-electron chi connectivity index (χ1n) is 11.8. The number of fused-ring (bicyclic) bond motifs is 1. The second kappa shape index (κ2) is 8.56. The Bertz CT molecular complexity index is 1310. The Morgan fingerprint density at radius 3 is 2.29 bits per heavy atom. The number of benzene rings is 3. The number of halogens is 1. The summed E-state index contributed by atoms with van der Waals surface area (Å²) in [5.74, 6) is 1.52. The molecule has 1 heterocycles. The first-order valence-corrected chi connectivity index (χ1v) is 11.8. The summed E-state index contributed by atoms with van der Waals surface area (Å²) in [6, 6.07) is 23.9. The van der Waals surface area contributed by atoms with E-state index in [-0.39, 0.29) is 18.1 Å². The Balaban J connectivity index is 1.10. The Morgan fingerprint density at radius 1 is 0.941 bits per heavy atom. The van der Waals surface area contributed by atoms with Crippen molar-refractivity contribution in [3.8, 4) is 11.3 Å². The molecule has 3 aliphatic rings. The average molecular weight is 453 g/mol. The number of nitrogens with zero attached hydrogens (tertiary/aromatic N) is 1. The molecule has 0 fully saturated rings. The second-order valence-electron chi connectivity index (χ2n) is 9.19. The number of carbonyl (C=O) groups excluding carboxylic acids is 1. The monoisotopic (exact) mass is 452 g/mol. The molecule has 2 bridgehead atoms. The Morgan fingerprint density at radius 2 is 1.59 bits per heavy atom. The lowest BCUT2D eigenvalue weighted by molar-refractivity contribution is -0.121. The molecule has 3 aliphatic carbocycles. The number of rotatable bonds is 6. The van der Waals surface area contributed by atoms with Crippen molar-refractivity contribution in [1.82, 2.24) is 10.3 Å². The maximum atomic E-state index is 14.0. The smallest absolute Gasteiger partial charge is 0.220 e. The van der Waals surface area contributed by atoms with Crippen molar-refractivity contribution in [2.24, 2.45) is 5.92 Å². The molecule has 1 unspecified atom stereocenters. The van der Waals surface area contributed by atoms with Gasteiger partial charge in [0, 0.05) is 31.2 Å². The summed E-state index contributed by atoms with van der Waals surface area (Å²) in [4.78, 5) is 16.9. The molecule has 170 valence electrons. The molecular weight excluding hydrogens is 427 g/mol. The largest absolute Gasteiger partial charge is 0.441 e. The Kier molecular flexibility index (Phi) is 5.25. The second-order valence-corrected chi connectivity index (χ2v) is 9.19. The zero-order chi connectivity index (χ0) is 23.1. The molecule has 0 radical (unpaired) electrons. The van der Waals surface area contributed by atoms with Crippen LogP contribution in [0, 0.1) is 11.7 Å². The molecule has 3 aromatic carbocycles. The van der Waals surface area contributed by atoms with E-state index in [2.05, 4.69) is 58.8 Å². The number of aryl methyl sites for hydroxylation is 1. The van der Waals surface area contributed by atoms with Crippen molar-refractivity contribution in [3.63, 3.8) is 0 Å². The molecule has 0 aliphatic heterocycles. The molecule has 1 amide bonds. The van der Waals surface area contributed by atoms with Gasteiger partial charge in [0.1, 0.15) is 5.82 Å². The van der Waals surface area contributed by atoms with Crippen molar-refractivity contribution in [2.45, 2.75) is 31.1 Å². The van der Waals surface area contributed by atoms with Gasteiger partial charge in [-0.05, 0) is 46.7 Å². The van der Waals surface area contributed by atoms with E-state index in [4.69, 9.17) is 4.42 Å². The van der Waals surface area contributed by atoms with E-state index in [0.717, 1.165) is 6.42 Å². The predicted molar refractivity (Wildman–Crippen MR) is 128 cm³/mol. The molecular formula is C29H25FN2O2. The highest BCUT2D eigenvalue weighted by Crippen LogP contribution is 2.55. The van der Waals surface area contributed by atoms with Crippen LogP contribution in [-0.4, -0.2) is 17.4 Å². The van der Waals surface area contributed by atoms with E-state index >= 15 is 0 Å². The Hall–Kier alpha value is -3.73. The summed E-state index contributed by atoms with van der Waals surface area (Å²) >= 11 is 0. The van der Waals surface area contributed by atoms with Gasteiger partial charge in [0.15, 0.2) is 11.7 Å². The van der Waals surface area contributed by atoms with Crippen LogP contribution in [0.4, 0.5) is 4.39 Å². The topological polar surface area (TPSA) is 55.1 Å². The van der Waals surface area contributed by atoms with Gasteiger partial charge < -0.3 is 9.73 Å². The fraction of sp³-hybridized carbons (Fsp3) is 0.241. The molecule has 1 aromatic heterocycles. The maximum Gasteiger partial charge on any atom is 0.220 e. The zero-order valence-corrected chi connectivity index (χ0v) is 18.7. The highest BCUT2D eigenvalue weighted by Gasteiger charge is 2.42. The van der Waals surface area contributed by atoms with E-state index < -0.39 is 0 Å². The van der Waals surface area contributed by atoms with Gasteiger partial charge >= 0.3 is 0 Å². The normalized spacial score (nSPS) is 20.0. The predicted octanol–water partition coefficient (Wildman–Crippen LogP) is 5.83. The number of hydrogen-bond acceptors (Lipinski definition) is 3. The summed E-state index contributed by atoms with van der Waals surface area (Å²) in [5.41, 5.74) is 6.04. The lowest BCUT2D eigenvalue weighted by Gasteiger charge is -2.45. The third-order valence-electron chi connectivity index (χ3n) is 7.24. The number of carbonyl (C=O) groups is 1. The number of nitrogens with one attached hydrogen (secondary N) is 1. The van der Waals surface area contributed by atoms with Crippen LogP contribution in [0.1, 0.15) is 52.8 Å². The molecule has 34 heavy (non-hydrogen) atoms. The van der Waals surface area contributed by atoms with Crippen molar-refractivity contribution in [2.75, 3.05) is 6.54 Å². The van der Waals surface area contributed by atoms with E-state index in [1.54, 1.807) is 18.2 Å². The van der Waals surface area contributed by atoms with E-state index in [1.165, 1.54) is 34.5 Å². The minimum atomic E-state index is -0.354. The fourth-order valence-electron chi connectivity index (χ4n) is 5.72. The van der Waals surface area contributed by atoms with Crippen LogP contribution in [0.5, 0.6) is 0 Å². The number of oxazole rings is 1. The van der Waals surface area contributed by atoms with Gasteiger partial charge in [-0.3, -0.25) is 4.79 Å². The van der Waals surface area contributed by atoms with Gasteiger partial charge in [-0.15, -0.1) is 0 Å². The van der Waals surface area contributed by atoms with E-state index in [1.807, 2.05) is 0 Å².